The molecule has 28 heavy (non-hydrogen) atoms. The zero-order valence-electron chi connectivity index (χ0n) is 15.8. The molecule has 4 rings (SSSR count). The van der Waals surface area contributed by atoms with E-state index in [1.54, 1.807) is 23.1 Å². The van der Waals surface area contributed by atoms with Crippen LogP contribution in [0.4, 0.5) is 10.7 Å². The smallest absolute Gasteiger partial charge is 0.261 e. The number of aromatic nitrogens is 1. The Morgan fingerprint density at radius 1 is 1.18 bits per heavy atom. The highest BCUT2D eigenvalue weighted by Gasteiger charge is 2.22. The molecular weight excluding hydrogens is 386 g/mol. The van der Waals surface area contributed by atoms with Crippen LogP contribution < -0.4 is 10.2 Å². The Labute approximate surface area is 174 Å². The molecule has 1 amide bonds. The van der Waals surface area contributed by atoms with Crippen molar-refractivity contribution < 1.29 is 4.79 Å². The molecule has 0 radical (unpaired) electrons. The summed E-state index contributed by atoms with van der Waals surface area (Å²) in [4.78, 5) is 20.2. The van der Waals surface area contributed by atoms with Gasteiger partial charge in [0.05, 0.1) is 15.6 Å². The number of rotatable bonds is 6. The normalized spacial score (nSPS) is 14.4. The molecule has 0 unspecified atom stereocenters. The highest BCUT2D eigenvalue weighted by molar-refractivity contribution is 7.99. The van der Waals surface area contributed by atoms with Crippen LogP contribution in [0, 0.1) is 0 Å². The minimum absolute atomic E-state index is 0.00889. The van der Waals surface area contributed by atoms with Gasteiger partial charge in [-0.3, -0.25) is 4.79 Å². The van der Waals surface area contributed by atoms with Crippen LogP contribution in [0.25, 0.3) is 0 Å². The van der Waals surface area contributed by atoms with Crippen molar-refractivity contribution in [1.82, 2.24) is 10.3 Å². The maximum absolute atomic E-state index is 12.7. The van der Waals surface area contributed by atoms with Gasteiger partial charge in [0, 0.05) is 24.5 Å². The summed E-state index contributed by atoms with van der Waals surface area (Å²) in [6.45, 7) is 3.00. The van der Waals surface area contributed by atoms with Crippen molar-refractivity contribution in [2.24, 2.45) is 0 Å². The van der Waals surface area contributed by atoms with E-state index >= 15 is 0 Å². The predicted octanol–water partition coefficient (Wildman–Crippen LogP) is 5.14. The molecule has 1 aromatic carbocycles. The molecule has 1 atom stereocenters. The van der Waals surface area contributed by atoms with Crippen molar-refractivity contribution in [2.45, 2.75) is 30.8 Å². The summed E-state index contributed by atoms with van der Waals surface area (Å²) in [5.74, 6) is 1.01. The molecule has 0 bridgehead atoms. The van der Waals surface area contributed by atoms with Crippen LogP contribution in [-0.2, 0) is 6.42 Å². The third-order valence-corrected chi connectivity index (χ3v) is 6.85. The molecule has 0 saturated carbocycles. The molecule has 0 saturated heterocycles. The number of benzene rings is 1. The third kappa shape index (κ3) is 4.39. The number of nitrogens with zero attached hydrogens (tertiary/aromatic N) is 2. The number of carbonyl (C=O) groups is 1. The van der Waals surface area contributed by atoms with E-state index in [2.05, 4.69) is 52.5 Å². The van der Waals surface area contributed by atoms with Crippen LogP contribution in [0.5, 0.6) is 0 Å². The van der Waals surface area contributed by atoms with E-state index in [-0.39, 0.29) is 11.9 Å². The van der Waals surface area contributed by atoms with Gasteiger partial charge in [0.2, 0.25) is 0 Å². The van der Waals surface area contributed by atoms with Crippen LogP contribution >= 0.6 is 23.1 Å². The Balaban J connectivity index is 1.38. The van der Waals surface area contributed by atoms with Crippen molar-refractivity contribution in [3.8, 4) is 0 Å². The molecule has 0 fully saturated rings. The fourth-order valence-electron chi connectivity index (χ4n) is 3.27. The molecule has 0 spiro atoms. The SMILES string of the molecule is C[C@H](CCc1ccccc1)NC(=O)c1ccc(N2CCSc3ncccc32)s1. The van der Waals surface area contributed by atoms with Gasteiger partial charge in [-0.2, -0.15) is 0 Å². The van der Waals surface area contributed by atoms with E-state index in [9.17, 15) is 4.79 Å². The minimum atomic E-state index is 0.00889. The zero-order chi connectivity index (χ0) is 19.3. The fourth-order valence-corrected chi connectivity index (χ4v) is 5.15. The van der Waals surface area contributed by atoms with Crippen LogP contribution in [-0.4, -0.2) is 29.2 Å². The molecular formula is C22H23N3OS2. The number of anilines is 2. The maximum atomic E-state index is 12.7. The monoisotopic (exact) mass is 409 g/mol. The Hall–Kier alpha value is -2.31. The van der Waals surface area contributed by atoms with Gasteiger partial charge in [0.1, 0.15) is 5.03 Å². The summed E-state index contributed by atoms with van der Waals surface area (Å²) >= 11 is 3.33. The largest absolute Gasteiger partial charge is 0.349 e. The number of aryl methyl sites for hydroxylation is 1. The lowest BCUT2D eigenvalue weighted by Gasteiger charge is -2.28. The number of carbonyl (C=O) groups excluding carboxylic acids is 1. The molecule has 3 heterocycles. The number of pyridine rings is 1. The molecule has 1 N–H and O–H groups in total. The average Bonchev–Trinajstić information content (AvgIpc) is 3.23. The molecule has 144 valence electrons. The Kier molecular flexibility index (Phi) is 5.98. The first kappa shape index (κ1) is 19.0. The highest BCUT2D eigenvalue weighted by Crippen LogP contribution is 2.39. The first-order chi connectivity index (χ1) is 13.7. The fraction of sp³-hybridized carbons (Fsp3) is 0.273. The molecule has 1 aliphatic rings. The second kappa shape index (κ2) is 8.80. The van der Waals surface area contributed by atoms with Gasteiger partial charge in [-0.1, -0.05) is 30.3 Å². The van der Waals surface area contributed by atoms with E-state index in [0.29, 0.717) is 0 Å². The van der Waals surface area contributed by atoms with Gasteiger partial charge in [0.25, 0.3) is 5.91 Å². The number of hydrogen-bond acceptors (Lipinski definition) is 5. The van der Waals surface area contributed by atoms with E-state index in [1.165, 1.54) is 5.56 Å². The standard InChI is InChI=1S/C22H23N3OS2/c1-16(9-10-17-6-3-2-4-7-17)24-21(26)19-11-12-20(28-19)25-14-15-27-22-18(25)8-5-13-23-22/h2-8,11-13,16H,9-10,14-15H2,1H3,(H,24,26)/t16-/m1/s1. The summed E-state index contributed by atoms with van der Waals surface area (Å²) < 4.78 is 0. The molecule has 3 aromatic rings. The molecule has 1 aliphatic heterocycles. The van der Waals surface area contributed by atoms with Gasteiger partial charge in [-0.25, -0.2) is 4.98 Å². The Morgan fingerprint density at radius 3 is 2.89 bits per heavy atom. The summed E-state index contributed by atoms with van der Waals surface area (Å²) in [6, 6.07) is 18.6. The van der Waals surface area contributed by atoms with Crippen molar-refractivity contribution in [1.29, 1.82) is 0 Å². The number of thioether (sulfide) groups is 1. The average molecular weight is 410 g/mol. The maximum Gasteiger partial charge on any atom is 0.261 e. The first-order valence-corrected chi connectivity index (χ1v) is 11.3. The van der Waals surface area contributed by atoms with Crippen LogP contribution in [0.2, 0.25) is 0 Å². The molecule has 0 aliphatic carbocycles. The number of hydrogen-bond donors (Lipinski definition) is 1. The summed E-state index contributed by atoms with van der Waals surface area (Å²) in [5, 5.41) is 5.29. The predicted molar refractivity (Wildman–Crippen MR) is 118 cm³/mol. The lowest BCUT2D eigenvalue weighted by Crippen LogP contribution is -2.32. The van der Waals surface area contributed by atoms with Gasteiger partial charge < -0.3 is 10.2 Å². The second-order valence-electron chi connectivity index (χ2n) is 6.86. The Morgan fingerprint density at radius 2 is 2.04 bits per heavy atom. The lowest BCUT2D eigenvalue weighted by molar-refractivity contribution is 0.0942. The van der Waals surface area contributed by atoms with Crippen molar-refractivity contribution in [3.05, 3.63) is 71.2 Å². The molecule has 4 nitrogen and oxygen atoms in total. The number of thiophene rings is 1. The molecule has 6 heteroatoms. The number of fused-ring (bicyclic) bond motifs is 1. The van der Waals surface area contributed by atoms with Crippen molar-refractivity contribution in [2.75, 3.05) is 17.2 Å². The topological polar surface area (TPSA) is 45.2 Å². The number of amides is 1. The first-order valence-electron chi connectivity index (χ1n) is 9.50. The van der Waals surface area contributed by atoms with E-state index < -0.39 is 0 Å². The molecule has 2 aromatic heterocycles. The summed E-state index contributed by atoms with van der Waals surface area (Å²) in [6.07, 6.45) is 3.73. The van der Waals surface area contributed by atoms with Crippen molar-refractivity contribution in [3.63, 3.8) is 0 Å². The van der Waals surface area contributed by atoms with Gasteiger partial charge in [-0.05, 0) is 49.6 Å². The summed E-state index contributed by atoms with van der Waals surface area (Å²) in [5.41, 5.74) is 2.43. The van der Waals surface area contributed by atoms with Crippen LogP contribution in [0.15, 0.2) is 65.8 Å². The van der Waals surface area contributed by atoms with Crippen molar-refractivity contribution >= 4 is 39.7 Å². The zero-order valence-corrected chi connectivity index (χ0v) is 17.4. The second-order valence-corrected chi connectivity index (χ2v) is 9.01. The van der Waals surface area contributed by atoms with E-state index in [4.69, 9.17) is 0 Å². The Bertz CT molecular complexity index is 942. The van der Waals surface area contributed by atoms with E-state index in [1.807, 2.05) is 30.5 Å². The highest BCUT2D eigenvalue weighted by atomic mass is 32.2. The minimum Gasteiger partial charge on any atom is -0.349 e. The van der Waals surface area contributed by atoms with Gasteiger partial charge in [0.15, 0.2) is 0 Å². The lowest BCUT2D eigenvalue weighted by atomic mass is 10.1. The van der Waals surface area contributed by atoms with Crippen LogP contribution in [0.3, 0.4) is 0 Å². The quantitative estimate of drug-likeness (QED) is 0.612. The summed E-state index contributed by atoms with van der Waals surface area (Å²) in [7, 11) is 0. The van der Waals surface area contributed by atoms with Crippen LogP contribution in [0.1, 0.15) is 28.6 Å². The third-order valence-electron chi connectivity index (χ3n) is 4.76. The van der Waals surface area contributed by atoms with Gasteiger partial charge >= 0.3 is 0 Å². The number of nitrogens with one attached hydrogen (secondary N) is 1. The van der Waals surface area contributed by atoms with Gasteiger partial charge in [-0.15, -0.1) is 23.1 Å². The van der Waals surface area contributed by atoms with E-state index in [0.717, 1.165) is 45.7 Å².